The second kappa shape index (κ2) is 13.2. The number of hydrogen-bond donors (Lipinski definition) is 2. The van der Waals surface area contributed by atoms with Crippen LogP contribution in [0.2, 0.25) is 0 Å². The average molecular weight is 356 g/mol. The van der Waals surface area contributed by atoms with Crippen LogP contribution in [0, 0.1) is 17.4 Å². The highest BCUT2D eigenvalue weighted by Crippen LogP contribution is 2.14. The maximum absolute atomic E-state index is 11.9. The molecule has 26 heavy (non-hydrogen) atoms. The van der Waals surface area contributed by atoms with Crippen molar-refractivity contribution in [1.29, 1.82) is 5.26 Å². The summed E-state index contributed by atoms with van der Waals surface area (Å²) in [4.78, 5) is 25.8. The Morgan fingerprint density at radius 3 is 2.69 bits per heavy atom. The smallest absolute Gasteiger partial charge is 0.319 e. The lowest BCUT2D eigenvalue weighted by atomic mass is 9.98. The molecule has 1 atom stereocenters. The number of benzene rings is 1. The zero-order valence-electron chi connectivity index (χ0n) is 14.7. The van der Waals surface area contributed by atoms with Crippen molar-refractivity contribution in [3.8, 4) is 6.26 Å². The summed E-state index contributed by atoms with van der Waals surface area (Å²) in [6.07, 6.45) is 8.02. The number of anilines is 1. The molecular weight excluding hydrogens is 332 g/mol. The summed E-state index contributed by atoms with van der Waals surface area (Å²) in [7, 11) is 0. The molecule has 0 bridgehead atoms. The molecule has 1 aromatic rings. The van der Waals surface area contributed by atoms with Crippen molar-refractivity contribution in [3.63, 3.8) is 0 Å². The van der Waals surface area contributed by atoms with Gasteiger partial charge in [-0.15, -0.1) is 0 Å². The van der Waals surface area contributed by atoms with Crippen LogP contribution in [0.15, 0.2) is 35.8 Å². The van der Waals surface area contributed by atoms with Crippen molar-refractivity contribution in [2.45, 2.75) is 25.7 Å². The summed E-state index contributed by atoms with van der Waals surface area (Å²) in [5.74, 6) is 0.204. The van der Waals surface area contributed by atoms with Crippen molar-refractivity contribution < 1.29 is 14.3 Å². The lowest BCUT2D eigenvalue weighted by Gasteiger charge is -2.14. The lowest BCUT2D eigenvalue weighted by molar-refractivity contribution is 0.247. The fourth-order valence-electron chi connectivity index (χ4n) is 2.45. The standard InChI is InChI=1S/C19H24N4O3/c1-2-16-7-9-18(10-8-16)23-19(25)22-11-3-5-17(13-21-15-24)6-4-12-26-14-20/h2,7-10,17H,1,3-6,11-13H2,(H2,22,23,25). The van der Waals surface area contributed by atoms with E-state index in [1.807, 2.05) is 24.3 Å². The van der Waals surface area contributed by atoms with Crippen LogP contribution >= 0.6 is 0 Å². The molecule has 138 valence electrons. The first-order valence-corrected chi connectivity index (χ1v) is 8.51. The fraction of sp³-hybridized carbons (Fsp3) is 0.421. The first-order chi connectivity index (χ1) is 12.7. The highest BCUT2D eigenvalue weighted by atomic mass is 16.5. The van der Waals surface area contributed by atoms with Gasteiger partial charge in [0, 0.05) is 12.2 Å². The third-order valence-corrected chi connectivity index (χ3v) is 3.82. The number of hydrogen-bond acceptors (Lipinski definition) is 5. The normalized spacial score (nSPS) is 10.7. The zero-order valence-corrected chi connectivity index (χ0v) is 14.7. The molecular formula is C19H24N4O3. The minimum Gasteiger partial charge on any atom is -0.428 e. The van der Waals surface area contributed by atoms with Crippen LogP contribution in [0.4, 0.5) is 10.5 Å². The number of ether oxygens (including phenoxy) is 1. The Kier molecular flexibility index (Phi) is 10.6. The number of carbonyl (C=O) groups is 1. The van der Waals surface area contributed by atoms with Gasteiger partial charge in [0.2, 0.25) is 6.08 Å². The van der Waals surface area contributed by atoms with E-state index >= 15 is 0 Å². The van der Waals surface area contributed by atoms with Crippen LogP contribution in [-0.4, -0.2) is 31.8 Å². The SMILES string of the molecule is C=Cc1ccc(NC(=O)NCCCC(CCCOC#N)CN=C=O)cc1. The number of nitriles is 1. The summed E-state index contributed by atoms with van der Waals surface area (Å²) in [5.41, 5.74) is 1.70. The second-order valence-corrected chi connectivity index (χ2v) is 5.73. The van der Waals surface area contributed by atoms with E-state index in [0.29, 0.717) is 25.4 Å². The van der Waals surface area contributed by atoms with Crippen molar-refractivity contribution in [2.24, 2.45) is 10.9 Å². The summed E-state index contributed by atoms with van der Waals surface area (Å²) >= 11 is 0. The van der Waals surface area contributed by atoms with Crippen LogP contribution in [-0.2, 0) is 9.53 Å². The van der Waals surface area contributed by atoms with Gasteiger partial charge >= 0.3 is 6.03 Å². The molecule has 0 saturated carbocycles. The fourth-order valence-corrected chi connectivity index (χ4v) is 2.45. The molecule has 0 fully saturated rings. The number of nitrogens with zero attached hydrogens (tertiary/aromatic N) is 2. The molecule has 0 spiro atoms. The van der Waals surface area contributed by atoms with E-state index in [2.05, 4.69) is 26.9 Å². The average Bonchev–Trinajstić information content (AvgIpc) is 2.66. The van der Waals surface area contributed by atoms with Crippen molar-refractivity contribution in [1.82, 2.24) is 5.32 Å². The van der Waals surface area contributed by atoms with E-state index in [0.717, 1.165) is 31.2 Å². The van der Waals surface area contributed by atoms with Gasteiger partial charge in [-0.3, -0.25) is 0 Å². The van der Waals surface area contributed by atoms with Crippen LogP contribution in [0.25, 0.3) is 6.08 Å². The topological polar surface area (TPSA) is 104 Å². The van der Waals surface area contributed by atoms with Crippen molar-refractivity contribution >= 4 is 23.9 Å². The van der Waals surface area contributed by atoms with Crippen molar-refractivity contribution in [3.05, 3.63) is 36.4 Å². The maximum atomic E-state index is 11.9. The van der Waals surface area contributed by atoms with Gasteiger partial charge < -0.3 is 15.4 Å². The van der Waals surface area contributed by atoms with Gasteiger partial charge in [0.1, 0.15) is 6.61 Å². The third-order valence-electron chi connectivity index (χ3n) is 3.82. The minimum absolute atomic E-state index is 0.204. The van der Waals surface area contributed by atoms with Crippen LogP contribution in [0.5, 0.6) is 0 Å². The molecule has 2 amide bonds. The Morgan fingerprint density at radius 2 is 2.04 bits per heavy atom. The zero-order chi connectivity index (χ0) is 19.0. The second-order valence-electron chi connectivity index (χ2n) is 5.73. The highest BCUT2D eigenvalue weighted by molar-refractivity contribution is 5.89. The summed E-state index contributed by atoms with van der Waals surface area (Å²) in [5, 5.41) is 13.9. The number of isocyanates is 1. The Balaban J connectivity index is 2.27. The predicted molar refractivity (Wildman–Crippen MR) is 100 cm³/mol. The largest absolute Gasteiger partial charge is 0.428 e. The molecule has 0 aromatic heterocycles. The molecule has 0 saturated heterocycles. The molecule has 1 aromatic carbocycles. The first-order valence-electron chi connectivity index (χ1n) is 8.51. The molecule has 0 radical (unpaired) electrons. The third kappa shape index (κ3) is 9.26. The minimum atomic E-state index is -0.263. The van der Waals surface area contributed by atoms with Crippen LogP contribution < -0.4 is 10.6 Å². The Morgan fingerprint density at radius 1 is 1.31 bits per heavy atom. The molecule has 1 rings (SSSR count). The number of nitrogens with one attached hydrogen (secondary N) is 2. The van der Waals surface area contributed by atoms with Gasteiger partial charge in [-0.05, 0) is 49.3 Å². The van der Waals surface area contributed by atoms with E-state index in [4.69, 9.17) is 5.26 Å². The lowest BCUT2D eigenvalue weighted by Crippen LogP contribution is -2.29. The summed E-state index contributed by atoms with van der Waals surface area (Å²) in [6, 6.07) is 7.11. The number of carbonyl (C=O) groups excluding carboxylic acids is 2. The van der Waals surface area contributed by atoms with Gasteiger partial charge in [-0.1, -0.05) is 24.8 Å². The number of amides is 2. The Hall–Kier alpha value is -3.10. The molecule has 7 nitrogen and oxygen atoms in total. The molecule has 0 aliphatic heterocycles. The molecule has 2 N–H and O–H groups in total. The first kappa shape index (κ1) is 20.9. The molecule has 7 heteroatoms. The van der Waals surface area contributed by atoms with Crippen LogP contribution in [0.3, 0.4) is 0 Å². The van der Waals surface area contributed by atoms with Gasteiger partial charge in [-0.2, -0.15) is 5.26 Å². The van der Waals surface area contributed by atoms with E-state index in [9.17, 15) is 9.59 Å². The van der Waals surface area contributed by atoms with Gasteiger partial charge in [-0.25, -0.2) is 14.6 Å². The molecule has 0 aliphatic rings. The van der Waals surface area contributed by atoms with Crippen LogP contribution in [0.1, 0.15) is 31.2 Å². The molecule has 1 unspecified atom stereocenters. The van der Waals surface area contributed by atoms with Crippen molar-refractivity contribution in [2.75, 3.05) is 25.0 Å². The van der Waals surface area contributed by atoms with E-state index in [-0.39, 0.29) is 11.9 Å². The number of rotatable bonds is 12. The Labute approximate surface area is 153 Å². The quantitative estimate of drug-likeness (QED) is 0.259. The Bertz CT molecular complexity index is 646. The highest BCUT2D eigenvalue weighted by Gasteiger charge is 2.09. The van der Waals surface area contributed by atoms with Gasteiger partial charge in [0.05, 0.1) is 6.54 Å². The summed E-state index contributed by atoms with van der Waals surface area (Å²) in [6.45, 7) is 4.97. The van der Waals surface area contributed by atoms with E-state index < -0.39 is 0 Å². The van der Waals surface area contributed by atoms with E-state index in [1.165, 1.54) is 0 Å². The predicted octanol–water partition coefficient (Wildman–Crippen LogP) is 3.46. The molecule has 0 aliphatic carbocycles. The number of aliphatic imine (C=N–C) groups is 1. The van der Waals surface area contributed by atoms with Gasteiger partial charge in [0.15, 0.2) is 0 Å². The molecule has 0 heterocycles. The van der Waals surface area contributed by atoms with Gasteiger partial charge in [0.25, 0.3) is 6.26 Å². The maximum Gasteiger partial charge on any atom is 0.319 e. The summed E-state index contributed by atoms with van der Waals surface area (Å²) < 4.78 is 4.64. The van der Waals surface area contributed by atoms with E-state index in [1.54, 1.807) is 18.4 Å². The number of urea groups is 1. The monoisotopic (exact) mass is 356 g/mol.